The summed E-state index contributed by atoms with van der Waals surface area (Å²) in [5.74, 6) is 0.0270. The fraction of sp³-hybridized carbons (Fsp3) is 0.0370. The van der Waals surface area contributed by atoms with E-state index in [0.29, 0.717) is 33.5 Å². The zero-order chi connectivity index (χ0) is 25.2. The number of hydrogen-bond donors (Lipinski definition) is 1. The molecule has 4 aromatic carbocycles. The number of amides is 1. The highest BCUT2D eigenvalue weighted by Crippen LogP contribution is 2.35. The monoisotopic (exact) mass is 644 g/mol. The quantitative estimate of drug-likeness (QED) is 0.148. The summed E-state index contributed by atoms with van der Waals surface area (Å²) in [6.45, 7) is 0.317. The summed E-state index contributed by atoms with van der Waals surface area (Å²) in [4.78, 5) is 12.5. The van der Waals surface area contributed by atoms with Crippen LogP contribution in [-0.2, 0) is 6.61 Å². The Bertz CT molecular complexity index is 1630. The molecule has 1 N–H and O–H groups in total. The van der Waals surface area contributed by atoms with E-state index in [1.165, 1.54) is 6.21 Å². The first-order valence-corrected chi connectivity index (χ1v) is 13.0. The lowest BCUT2D eigenvalue weighted by Crippen LogP contribution is -2.16. The van der Waals surface area contributed by atoms with Crippen molar-refractivity contribution in [3.05, 3.63) is 109 Å². The zero-order valence-electron chi connectivity index (χ0n) is 18.4. The molecule has 5 rings (SSSR count). The largest absolute Gasteiger partial charge is 0.486 e. The molecule has 0 fully saturated rings. The van der Waals surface area contributed by atoms with Crippen LogP contribution in [0.3, 0.4) is 0 Å². The molecule has 5 aromatic rings. The Morgan fingerprint density at radius 1 is 0.944 bits per heavy atom. The topological polar surface area (TPSA) is 63.8 Å². The lowest BCUT2D eigenvalue weighted by molar-refractivity contribution is 0.0929. The maximum Gasteiger partial charge on any atom is 0.307 e. The predicted octanol–water partition coefficient (Wildman–Crippen LogP) is 8.76. The Kier molecular flexibility index (Phi) is 7.34. The molecule has 36 heavy (non-hydrogen) atoms. The third-order valence-electron chi connectivity index (χ3n) is 5.36. The zero-order valence-corrected chi connectivity index (χ0v) is 23.1. The van der Waals surface area contributed by atoms with Gasteiger partial charge in [0.25, 0.3) is 0 Å². The Hall–Kier alpha value is -2.84. The number of hydrogen-bond acceptors (Lipinski definition) is 4. The van der Waals surface area contributed by atoms with Crippen LogP contribution in [0.4, 0.5) is 0 Å². The molecule has 1 amide bonds. The molecule has 0 bridgehead atoms. The smallest absolute Gasteiger partial charge is 0.307 e. The minimum absolute atomic E-state index is 0.134. The van der Waals surface area contributed by atoms with Crippen molar-refractivity contribution in [2.75, 3.05) is 0 Å². The molecule has 0 unspecified atom stereocenters. The van der Waals surface area contributed by atoms with E-state index in [0.717, 1.165) is 30.7 Å². The van der Waals surface area contributed by atoms with Crippen LogP contribution in [0.15, 0.2) is 91.3 Å². The van der Waals surface area contributed by atoms with Gasteiger partial charge in [-0.25, -0.2) is 5.43 Å². The first kappa shape index (κ1) is 24.8. The van der Waals surface area contributed by atoms with E-state index in [1.807, 2.05) is 36.4 Å². The van der Waals surface area contributed by atoms with Crippen molar-refractivity contribution in [2.24, 2.45) is 5.10 Å². The first-order chi connectivity index (χ1) is 17.4. The molecule has 0 aliphatic carbocycles. The Balaban J connectivity index is 1.25. The third-order valence-corrected chi connectivity index (χ3v) is 6.97. The van der Waals surface area contributed by atoms with Gasteiger partial charge in [-0.15, -0.1) is 0 Å². The first-order valence-electron chi connectivity index (χ1n) is 10.7. The van der Waals surface area contributed by atoms with Crippen LogP contribution < -0.4 is 10.2 Å². The van der Waals surface area contributed by atoms with Crippen LogP contribution in [0.2, 0.25) is 10.0 Å². The predicted molar refractivity (Wildman–Crippen MR) is 151 cm³/mol. The normalized spacial score (nSPS) is 11.4. The van der Waals surface area contributed by atoms with Gasteiger partial charge in [-0.05, 0) is 74.2 Å². The van der Waals surface area contributed by atoms with Gasteiger partial charge in [0.15, 0.2) is 11.5 Å². The molecule has 1 aromatic heterocycles. The number of benzene rings is 4. The summed E-state index contributed by atoms with van der Waals surface area (Å²) < 4.78 is 13.2. The van der Waals surface area contributed by atoms with Crippen LogP contribution in [0.25, 0.3) is 21.7 Å². The van der Waals surface area contributed by atoms with Gasteiger partial charge in [0.05, 0.1) is 20.7 Å². The van der Waals surface area contributed by atoms with E-state index in [4.69, 9.17) is 32.4 Å². The number of ether oxygens (including phenoxy) is 1. The van der Waals surface area contributed by atoms with Gasteiger partial charge in [-0.1, -0.05) is 75.5 Å². The number of fused-ring (bicyclic) bond motifs is 2. The average molecular weight is 647 g/mol. The molecule has 9 heteroatoms. The minimum Gasteiger partial charge on any atom is -0.486 e. The van der Waals surface area contributed by atoms with Crippen LogP contribution in [0, 0.1) is 0 Å². The summed E-state index contributed by atoms with van der Waals surface area (Å²) in [6, 6.07) is 22.9. The number of rotatable bonds is 6. The molecule has 0 aliphatic heterocycles. The third kappa shape index (κ3) is 5.44. The van der Waals surface area contributed by atoms with Gasteiger partial charge in [0.2, 0.25) is 0 Å². The Morgan fingerprint density at radius 3 is 2.47 bits per heavy atom. The molecule has 0 atom stereocenters. The molecule has 0 radical (unpaired) electrons. The van der Waals surface area contributed by atoms with E-state index < -0.39 is 5.91 Å². The van der Waals surface area contributed by atoms with Crippen molar-refractivity contribution in [1.29, 1.82) is 0 Å². The maximum absolute atomic E-state index is 12.5. The summed E-state index contributed by atoms with van der Waals surface area (Å²) >= 11 is 19.7. The van der Waals surface area contributed by atoms with E-state index in [1.54, 1.807) is 18.2 Å². The molecule has 0 spiro atoms. The van der Waals surface area contributed by atoms with Gasteiger partial charge in [-0.2, -0.15) is 5.10 Å². The highest BCUT2D eigenvalue weighted by Gasteiger charge is 2.14. The van der Waals surface area contributed by atoms with Crippen molar-refractivity contribution in [3.8, 4) is 5.75 Å². The molecule has 180 valence electrons. The van der Waals surface area contributed by atoms with Gasteiger partial charge in [0.1, 0.15) is 12.2 Å². The van der Waals surface area contributed by atoms with E-state index in [9.17, 15) is 4.79 Å². The summed E-state index contributed by atoms with van der Waals surface area (Å²) in [6.07, 6.45) is 1.44. The second-order valence-electron chi connectivity index (χ2n) is 7.90. The van der Waals surface area contributed by atoms with Crippen molar-refractivity contribution < 1.29 is 13.9 Å². The van der Waals surface area contributed by atoms with Crippen LogP contribution in [-0.4, -0.2) is 12.1 Å². The van der Waals surface area contributed by atoms with Crippen molar-refractivity contribution in [2.45, 2.75) is 6.61 Å². The van der Waals surface area contributed by atoms with Gasteiger partial charge in [-0.3, -0.25) is 4.79 Å². The molecule has 0 saturated heterocycles. The average Bonchev–Trinajstić information content (AvgIpc) is 3.28. The van der Waals surface area contributed by atoms with Crippen LogP contribution in [0.5, 0.6) is 5.75 Å². The summed E-state index contributed by atoms with van der Waals surface area (Å²) in [7, 11) is 0. The summed E-state index contributed by atoms with van der Waals surface area (Å²) in [5.41, 5.74) is 4.62. The second-order valence-corrected chi connectivity index (χ2v) is 10.5. The second kappa shape index (κ2) is 10.6. The molecule has 5 nitrogen and oxygen atoms in total. The minimum atomic E-state index is -0.488. The molecule has 0 aliphatic rings. The van der Waals surface area contributed by atoms with E-state index in [-0.39, 0.29) is 5.76 Å². The lowest BCUT2D eigenvalue weighted by atomic mass is 10.1. The number of furan rings is 1. The molecular weight excluding hydrogens is 631 g/mol. The number of nitrogens with zero attached hydrogens (tertiary/aromatic N) is 1. The lowest BCUT2D eigenvalue weighted by Gasteiger charge is -2.11. The van der Waals surface area contributed by atoms with Gasteiger partial charge >= 0.3 is 5.91 Å². The van der Waals surface area contributed by atoms with E-state index >= 15 is 0 Å². The number of hydrazone groups is 1. The molecule has 0 saturated carbocycles. The van der Waals surface area contributed by atoms with Gasteiger partial charge in [0, 0.05) is 9.86 Å². The maximum atomic E-state index is 12.5. The Labute approximate surface area is 233 Å². The highest BCUT2D eigenvalue weighted by atomic mass is 79.9. The number of carbonyl (C=O) groups is 1. The fourth-order valence-corrected chi connectivity index (χ4v) is 5.64. The standard InChI is InChI=1S/C27H16Br2Cl2N2O3/c28-20-10-19-11-24(36-25(19)21(29)12-20)27(34)33-32-13-16-8-22(30)26(23(31)9-16)35-14-15-5-6-17-3-1-2-4-18(17)7-15/h1-13H,14H2,(H,33,34)/b32-13-. The fourth-order valence-electron chi connectivity index (χ4n) is 3.68. The SMILES string of the molecule is O=C(N/N=C\c1cc(Cl)c(OCc2ccc3ccccc3c2)c(Cl)c1)c1cc2cc(Br)cc(Br)c2o1. The number of nitrogens with one attached hydrogen (secondary N) is 1. The molecular formula is C27H16Br2Cl2N2O3. The number of carbonyl (C=O) groups excluding carboxylic acids is 1. The number of halogens is 4. The Morgan fingerprint density at radius 2 is 1.69 bits per heavy atom. The van der Waals surface area contributed by atoms with Crippen LogP contribution >= 0.6 is 55.1 Å². The van der Waals surface area contributed by atoms with Crippen molar-refractivity contribution in [1.82, 2.24) is 5.43 Å². The highest BCUT2D eigenvalue weighted by molar-refractivity contribution is 9.11. The summed E-state index contributed by atoms with van der Waals surface area (Å²) in [5, 5.41) is 7.75. The van der Waals surface area contributed by atoms with Crippen LogP contribution in [0.1, 0.15) is 21.7 Å². The molecule has 1 heterocycles. The van der Waals surface area contributed by atoms with E-state index in [2.05, 4.69) is 60.6 Å². The van der Waals surface area contributed by atoms with Gasteiger partial charge < -0.3 is 9.15 Å². The van der Waals surface area contributed by atoms with Crippen molar-refractivity contribution in [3.63, 3.8) is 0 Å². The van der Waals surface area contributed by atoms with Crippen molar-refractivity contribution >= 4 is 88.9 Å².